The summed E-state index contributed by atoms with van der Waals surface area (Å²) in [7, 11) is 3.19. The van der Waals surface area contributed by atoms with Gasteiger partial charge in [-0.3, -0.25) is 9.79 Å². The zero-order valence-corrected chi connectivity index (χ0v) is 17.8. The van der Waals surface area contributed by atoms with E-state index in [1.54, 1.807) is 14.2 Å². The number of carbonyl (C=O) groups is 1. The van der Waals surface area contributed by atoms with Gasteiger partial charge < -0.3 is 25.4 Å². The van der Waals surface area contributed by atoms with Crippen LogP contribution in [-0.4, -0.2) is 45.7 Å². The molecule has 0 aliphatic rings. The number of nitrogens with zero attached hydrogens (tertiary/aromatic N) is 1. The Kier molecular flexibility index (Phi) is 11.8. The van der Waals surface area contributed by atoms with E-state index in [1.165, 1.54) is 0 Å². The summed E-state index contributed by atoms with van der Waals surface area (Å²) in [6.45, 7) is 7.44. The molecule has 8 heteroatoms. The topological polar surface area (TPSA) is 84.0 Å². The van der Waals surface area contributed by atoms with Crippen molar-refractivity contribution in [2.24, 2.45) is 10.9 Å². The van der Waals surface area contributed by atoms with E-state index >= 15 is 0 Å². The largest absolute Gasteiger partial charge is 0.493 e. The van der Waals surface area contributed by atoms with Crippen LogP contribution in [0.2, 0.25) is 0 Å². The van der Waals surface area contributed by atoms with Crippen molar-refractivity contribution in [3.8, 4) is 11.5 Å². The first-order valence-corrected chi connectivity index (χ1v) is 8.06. The van der Waals surface area contributed by atoms with Crippen LogP contribution in [0.4, 0.5) is 5.69 Å². The van der Waals surface area contributed by atoms with Crippen LogP contribution in [0.5, 0.6) is 11.5 Å². The van der Waals surface area contributed by atoms with Crippen molar-refractivity contribution in [2.45, 2.75) is 20.8 Å². The van der Waals surface area contributed by atoms with Gasteiger partial charge in [-0.1, -0.05) is 13.8 Å². The molecule has 0 atom stereocenters. The summed E-state index contributed by atoms with van der Waals surface area (Å²) in [5.41, 5.74) is 0.832. The van der Waals surface area contributed by atoms with Crippen LogP contribution in [-0.2, 0) is 4.79 Å². The van der Waals surface area contributed by atoms with Crippen LogP contribution in [0.15, 0.2) is 23.2 Å². The van der Waals surface area contributed by atoms with Gasteiger partial charge in [0.05, 0.1) is 20.8 Å². The normalized spacial score (nSPS) is 10.7. The van der Waals surface area contributed by atoms with Gasteiger partial charge in [0.1, 0.15) is 0 Å². The molecule has 0 heterocycles. The van der Waals surface area contributed by atoms with Crippen molar-refractivity contribution >= 4 is 41.5 Å². The molecule has 0 fully saturated rings. The highest BCUT2D eigenvalue weighted by atomic mass is 127. The van der Waals surface area contributed by atoms with E-state index in [1.807, 2.05) is 39.0 Å². The van der Waals surface area contributed by atoms with Gasteiger partial charge in [-0.15, -0.1) is 24.0 Å². The number of ether oxygens (including phenoxy) is 2. The molecule has 1 aromatic carbocycles. The summed E-state index contributed by atoms with van der Waals surface area (Å²) < 4.78 is 10.5. The van der Waals surface area contributed by atoms with Crippen LogP contribution in [0, 0.1) is 5.92 Å². The van der Waals surface area contributed by atoms with Crippen molar-refractivity contribution in [1.82, 2.24) is 10.6 Å². The summed E-state index contributed by atoms with van der Waals surface area (Å²) in [5, 5.41) is 9.21. The molecular weight excluding hydrogens is 435 g/mol. The zero-order valence-electron chi connectivity index (χ0n) is 15.5. The number of amides is 1. The lowest BCUT2D eigenvalue weighted by Gasteiger charge is -2.14. The first kappa shape index (κ1) is 23.3. The smallest absolute Gasteiger partial charge is 0.222 e. The average molecular weight is 464 g/mol. The molecule has 0 aliphatic heterocycles. The summed E-state index contributed by atoms with van der Waals surface area (Å²) in [6.07, 6.45) is 0. The third-order valence-corrected chi connectivity index (χ3v) is 3.20. The number of benzene rings is 1. The second-order valence-corrected chi connectivity index (χ2v) is 5.40. The van der Waals surface area contributed by atoms with Crippen molar-refractivity contribution < 1.29 is 14.3 Å². The third-order valence-electron chi connectivity index (χ3n) is 3.20. The zero-order chi connectivity index (χ0) is 17.9. The Morgan fingerprint density at radius 2 is 1.84 bits per heavy atom. The number of anilines is 1. The Hall–Kier alpha value is -1.71. The molecule has 0 aliphatic carbocycles. The van der Waals surface area contributed by atoms with Crippen molar-refractivity contribution in [3.63, 3.8) is 0 Å². The number of methoxy groups -OCH3 is 2. The molecule has 1 amide bonds. The van der Waals surface area contributed by atoms with Gasteiger partial charge in [0.15, 0.2) is 17.5 Å². The molecule has 0 bridgehead atoms. The lowest BCUT2D eigenvalue weighted by Crippen LogP contribution is -2.33. The molecule has 0 saturated carbocycles. The Morgan fingerprint density at radius 1 is 1.16 bits per heavy atom. The molecule has 0 unspecified atom stereocenters. The standard InChI is InChI=1S/C17H28N4O3.HI/c1-6-18-17(20-10-9-19-16(22)12(2)3)21-13-7-8-14(23-4)15(11-13)24-5;/h7-8,11-12H,6,9-10H2,1-5H3,(H,19,22)(H2,18,20,21);1H. The molecule has 1 aromatic rings. The molecule has 0 spiro atoms. The SMILES string of the molecule is CCNC(=NCCNC(=O)C(C)C)Nc1ccc(OC)c(OC)c1.I. The number of halogens is 1. The number of rotatable bonds is 8. The highest BCUT2D eigenvalue weighted by molar-refractivity contribution is 14.0. The minimum Gasteiger partial charge on any atom is -0.493 e. The molecule has 142 valence electrons. The molecule has 3 N–H and O–H groups in total. The fraction of sp³-hybridized carbons (Fsp3) is 0.529. The monoisotopic (exact) mass is 464 g/mol. The molecule has 0 saturated heterocycles. The van der Waals surface area contributed by atoms with Crippen LogP contribution >= 0.6 is 24.0 Å². The van der Waals surface area contributed by atoms with E-state index in [-0.39, 0.29) is 35.8 Å². The van der Waals surface area contributed by atoms with Crippen molar-refractivity contribution in [1.29, 1.82) is 0 Å². The second kappa shape index (κ2) is 12.6. The predicted octanol–water partition coefficient (Wildman–Crippen LogP) is 2.47. The number of hydrogen-bond donors (Lipinski definition) is 3. The number of hydrogen-bond acceptors (Lipinski definition) is 4. The minimum atomic E-state index is -0.0212. The van der Waals surface area contributed by atoms with E-state index in [4.69, 9.17) is 9.47 Å². The van der Waals surface area contributed by atoms with Gasteiger partial charge >= 0.3 is 0 Å². The highest BCUT2D eigenvalue weighted by Crippen LogP contribution is 2.29. The summed E-state index contributed by atoms with van der Waals surface area (Å²) in [6, 6.07) is 5.55. The fourth-order valence-electron chi connectivity index (χ4n) is 1.91. The quantitative estimate of drug-likeness (QED) is 0.238. The van der Waals surface area contributed by atoms with E-state index in [0.29, 0.717) is 30.5 Å². The van der Waals surface area contributed by atoms with E-state index < -0.39 is 0 Å². The van der Waals surface area contributed by atoms with Crippen LogP contribution < -0.4 is 25.4 Å². The van der Waals surface area contributed by atoms with Gasteiger partial charge in [-0.05, 0) is 19.1 Å². The lowest BCUT2D eigenvalue weighted by molar-refractivity contribution is -0.123. The Bertz CT molecular complexity index is 565. The first-order chi connectivity index (χ1) is 11.5. The molecule has 7 nitrogen and oxygen atoms in total. The maximum absolute atomic E-state index is 11.5. The molecule has 1 rings (SSSR count). The molecule has 25 heavy (non-hydrogen) atoms. The number of carbonyl (C=O) groups excluding carboxylic acids is 1. The third kappa shape index (κ3) is 8.28. The number of guanidine groups is 1. The maximum atomic E-state index is 11.5. The van der Waals surface area contributed by atoms with Gasteiger partial charge in [0.2, 0.25) is 5.91 Å². The predicted molar refractivity (Wildman–Crippen MR) is 112 cm³/mol. The molecular formula is C17H29IN4O3. The summed E-state index contributed by atoms with van der Waals surface area (Å²) >= 11 is 0. The van der Waals surface area contributed by atoms with E-state index in [2.05, 4.69) is 20.9 Å². The number of nitrogens with one attached hydrogen (secondary N) is 3. The first-order valence-electron chi connectivity index (χ1n) is 8.06. The van der Waals surface area contributed by atoms with Crippen LogP contribution in [0.1, 0.15) is 20.8 Å². The maximum Gasteiger partial charge on any atom is 0.222 e. The van der Waals surface area contributed by atoms with E-state index in [9.17, 15) is 4.79 Å². The summed E-state index contributed by atoms with van der Waals surface area (Å²) in [4.78, 5) is 16.0. The van der Waals surface area contributed by atoms with E-state index in [0.717, 1.165) is 12.2 Å². The minimum absolute atomic E-state index is 0. The van der Waals surface area contributed by atoms with Crippen LogP contribution in [0.3, 0.4) is 0 Å². The van der Waals surface area contributed by atoms with Gasteiger partial charge in [-0.25, -0.2) is 0 Å². The molecule has 0 aromatic heterocycles. The highest BCUT2D eigenvalue weighted by Gasteiger charge is 2.07. The Morgan fingerprint density at radius 3 is 2.40 bits per heavy atom. The van der Waals surface area contributed by atoms with Crippen LogP contribution in [0.25, 0.3) is 0 Å². The van der Waals surface area contributed by atoms with Gasteiger partial charge in [0, 0.05) is 30.8 Å². The van der Waals surface area contributed by atoms with Gasteiger partial charge in [-0.2, -0.15) is 0 Å². The Balaban J connectivity index is 0.00000576. The number of aliphatic imine (C=N–C) groups is 1. The van der Waals surface area contributed by atoms with Gasteiger partial charge in [0.25, 0.3) is 0 Å². The second-order valence-electron chi connectivity index (χ2n) is 5.40. The average Bonchev–Trinajstić information content (AvgIpc) is 2.58. The van der Waals surface area contributed by atoms with Crippen molar-refractivity contribution in [2.75, 3.05) is 39.2 Å². The lowest BCUT2D eigenvalue weighted by atomic mass is 10.2. The summed E-state index contributed by atoms with van der Waals surface area (Å²) in [5.74, 6) is 1.96. The molecule has 0 radical (unpaired) electrons. The Labute approximate surface area is 167 Å². The van der Waals surface area contributed by atoms with Crippen molar-refractivity contribution in [3.05, 3.63) is 18.2 Å². The fourth-order valence-corrected chi connectivity index (χ4v) is 1.91.